The van der Waals surface area contributed by atoms with Crippen molar-refractivity contribution in [1.29, 1.82) is 0 Å². The van der Waals surface area contributed by atoms with Crippen molar-refractivity contribution in [2.45, 2.75) is 59.9 Å². The summed E-state index contributed by atoms with van der Waals surface area (Å²) in [5, 5.41) is 79.1. The van der Waals surface area contributed by atoms with Gasteiger partial charge in [-0.2, -0.15) is 0 Å². The highest BCUT2D eigenvalue weighted by Crippen LogP contribution is 2.39. The van der Waals surface area contributed by atoms with Crippen LogP contribution < -0.4 is 0 Å². The zero-order valence-corrected chi connectivity index (χ0v) is 12.8. The van der Waals surface area contributed by atoms with E-state index < -0.39 is 73.1 Å². The Kier molecular flexibility index (Phi) is 5.91. The number of ether oxygens (including phenoxy) is 2. The summed E-state index contributed by atoms with van der Waals surface area (Å²) in [7, 11) is 0. The Labute approximate surface area is 136 Å². The Bertz CT molecular complexity index is 407. The molecule has 2 aliphatic rings. The maximum atomic E-state index is 10.8. The molecule has 2 heterocycles. The molecule has 0 bridgehead atoms. The molecule has 0 spiro atoms. The summed E-state index contributed by atoms with van der Waals surface area (Å²) in [4.78, 5) is 0. The SMILES string of the molecule is OC[C@H]1O[C@@H]([C@]2(O)[C@H](O)[C@@H](O)[C@H](S)O[C@@H]2CO)[C@H](O)[C@@H](O)[C@@H]1O. The molecule has 10 atom stereocenters. The van der Waals surface area contributed by atoms with Crippen LogP contribution in [0.2, 0.25) is 0 Å². The van der Waals surface area contributed by atoms with Crippen LogP contribution in [-0.2, 0) is 9.47 Å². The second kappa shape index (κ2) is 7.06. The van der Waals surface area contributed by atoms with Crippen molar-refractivity contribution in [1.82, 2.24) is 0 Å². The lowest BCUT2D eigenvalue weighted by Gasteiger charge is -2.54. The van der Waals surface area contributed by atoms with Crippen LogP contribution in [0.15, 0.2) is 0 Å². The molecule has 0 aromatic heterocycles. The normalized spacial score (nSPS) is 54.9. The van der Waals surface area contributed by atoms with E-state index in [2.05, 4.69) is 12.6 Å². The van der Waals surface area contributed by atoms with Gasteiger partial charge in [0.25, 0.3) is 0 Å². The Balaban J connectivity index is 2.38. The monoisotopic (exact) mass is 358 g/mol. The third-order valence-electron chi connectivity index (χ3n) is 4.42. The van der Waals surface area contributed by atoms with Crippen molar-refractivity contribution >= 4 is 12.6 Å². The van der Waals surface area contributed by atoms with Gasteiger partial charge in [0.05, 0.1) is 13.2 Å². The molecule has 136 valence electrons. The van der Waals surface area contributed by atoms with E-state index >= 15 is 0 Å². The summed E-state index contributed by atoms with van der Waals surface area (Å²) in [5.41, 5.74) is -3.74. The third kappa shape index (κ3) is 3.00. The van der Waals surface area contributed by atoms with Gasteiger partial charge < -0.3 is 50.3 Å². The maximum Gasteiger partial charge on any atom is 0.150 e. The lowest BCUT2D eigenvalue weighted by atomic mass is 9.75. The number of thiol groups is 1. The topological polar surface area (TPSA) is 180 Å². The van der Waals surface area contributed by atoms with Crippen molar-refractivity contribution in [2.24, 2.45) is 0 Å². The van der Waals surface area contributed by atoms with E-state index in [1.54, 1.807) is 0 Å². The minimum atomic E-state index is -2.53. The highest BCUT2D eigenvalue weighted by Gasteiger charge is 2.63. The molecular formula is C12H22O10S. The van der Waals surface area contributed by atoms with Gasteiger partial charge in [-0.1, -0.05) is 0 Å². The Hall–Kier alpha value is -0.0500. The average Bonchev–Trinajstić information content (AvgIpc) is 2.54. The minimum Gasteiger partial charge on any atom is -0.394 e. The van der Waals surface area contributed by atoms with Crippen LogP contribution in [0.4, 0.5) is 0 Å². The van der Waals surface area contributed by atoms with Gasteiger partial charge in [-0.25, -0.2) is 0 Å². The van der Waals surface area contributed by atoms with Crippen molar-refractivity contribution < 1.29 is 50.3 Å². The molecule has 23 heavy (non-hydrogen) atoms. The molecule has 0 amide bonds. The first-order chi connectivity index (χ1) is 10.7. The Morgan fingerprint density at radius 3 is 1.96 bits per heavy atom. The molecule has 2 fully saturated rings. The molecule has 0 aliphatic carbocycles. The summed E-state index contributed by atoms with van der Waals surface area (Å²) < 4.78 is 10.3. The highest BCUT2D eigenvalue weighted by atomic mass is 32.1. The first-order valence-corrected chi connectivity index (χ1v) is 7.55. The Morgan fingerprint density at radius 2 is 1.43 bits per heavy atom. The van der Waals surface area contributed by atoms with Gasteiger partial charge in [0, 0.05) is 0 Å². The van der Waals surface area contributed by atoms with Crippen molar-refractivity contribution in [3.05, 3.63) is 0 Å². The fourth-order valence-corrected chi connectivity index (χ4v) is 3.31. The molecule has 0 aromatic carbocycles. The number of hydrogen-bond donors (Lipinski definition) is 9. The lowest BCUT2D eigenvalue weighted by molar-refractivity contribution is -0.337. The molecule has 2 aliphatic heterocycles. The third-order valence-corrected chi connectivity index (χ3v) is 4.85. The average molecular weight is 358 g/mol. The fraction of sp³-hybridized carbons (Fsp3) is 1.00. The van der Waals surface area contributed by atoms with Crippen molar-refractivity contribution in [3.8, 4) is 0 Å². The van der Waals surface area contributed by atoms with Crippen molar-refractivity contribution in [2.75, 3.05) is 13.2 Å². The second-order valence-corrected chi connectivity index (χ2v) is 6.28. The largest absolute Gasteiger partial charge is 0.394 e. The maximum absolute atomic E-state index is 10.8. The summed E-state index contributed by atoms with van der Waals surface area (Å²) in [6.07, 6.45) is -13.6. The van der Waals surface area contributed by atoms with Crippen LogP contribution in [0.3, 0.4) is 0 Å². The van der Waals surface area contributed by atoms with E-state index in [0.29, 0.717) is 0 Å². The van der Waals surface area contributed by atoms with E-state index in [0.717, 1.165) is 0 Å². The predicted molar refractivity (Wildman–Crippen MR) is 75.5 cm³/mol. The zero-order chi connectivity index (χ0) is 17.5. The fourth-order valence-electron chi connectivity index (χ4n) is 3.00. The van der Waals surface area contributed by atoms with Crippen LogP contribution in [0.5, 0.6) is 0 Å². The van der Waals surface area contributed by atoms with Gasteiger partial charge in [-0.3, -0.25) is 0 Å². The van der Waals surface area contributed by atoms with Crippen LogP contribution >= 0.6 is 12.6 Å². The molecule has 2 saturated heterocycles. The standard InChI is InChI=1S/C12H22O10S/c13-1-3-5(15)6(16)7(17)10(21-3)12(20)4(2-14)22-11(23)8(18)9(12)19/h3-11,13-20,23H,1-2H2/t3-,4-,5-,6+,7-,8-,9-,10-,11+,12-/m1/s1. The number of rotatable bonds is 3. The van der Waals surface area contributed by atoms with E-state index in [4.69, 9.17) is 9.47 Å². The molecule has 0 saturated carbocycles. The smallest absolute Gasteiger partial charge is 0.150 e. The number of aliphatic hydroxyl groups excluding tert-OH is 7. The van der Waals surface area contributed by atoms with Gasteiger partial charge in [0.1, 0.15) is 54.3 Å². The van der Waals surface area contributed by atoms with Gasteiger partial charge >= 0.3 is 0 Å². The summed E-state index contributed by atoms with van der Waals surface area (Å²) in [6, 6.07) is 0. The quantitative estimate of drug-likeness (QED) is 0.221. The van der Waals surface area contributed by atoms with E-state index in [1.165, 1.54) is 0 Å². The van der Waals surface area contributed by atoms with E-state index in [9.17, 15) is 40.9 Å². The van der Waals surface area contributed by atoms with E-state index in [1.807, 2.05) is 0 Å². The molecule has 8 N–H and O–H groups in total. The van der Waals surface area contributed by atoms with Crippen LogP contribution in [0, 0.1) is 0 Å². The molecule has 0 aromatic rings. The highest BCUT2D eigenvalue weighted by molar-refractivity contribution is 7.80. The van der Waals surface area contributed by atoms with Gasteiger partial charge in [0.15, 0.2) is 5.60 Å². The van der Waals surface area contributed by atoms with E-state index in [-0.39, 0.29) is 0 Å². The molecule has 11 heteroatoms. The van der Waals surface area contributed by atoms with Crippen LogP contribution in [-0.4, -0.2) is 114 Å². The predicted octanol–water partition coefficient (Wildman–Crippen LogP) is -5.07. The molecule has 0 radical (unpaired) electrons. The second-order valence-electron chi connectivity index (χ2n) is 5.77. The van der Waals surface area contributed by atoms with Crippen molar-refractivity contribution in [3.63, 3.8) is 0 Å². The lowest BCUT2D eigenvalue weighted by Crippen LogP contribution is -2.76. The molecule has 2 rings (SSSR count). The van der Waals surface area contributed by atoms with Gasteiger partial charge in [-0.15, -0.1) is 12.6 Å². The minimum absolute atomic E-state index is 0.740. The molecular weight excluding hydrogens is 336 g/mol. The summed E-state index contributed by atoms with van der Waals surface area (Å²) in [5.74, 6) is 0. The van der Waals surface area contributed by atoms with Gasteiger partial charge in [0.2, 0.25) is 0 Å². The Morgan fingerprint density at radius 1 is 0.826 bits per heavy atom. The number of aliphatic hydroxyl groups is 8. The van der Waals surface area contributed by atoms with Gasteiger partial charge in [-0.05, 0) is 0 Å². The van der Waals surface area contributed by atoms with Crippen LogP contribution in [0.25, 0.3) is 0 Å². The molecule has 10 nitrogen and oxygen atoms in total. The van der Waals surface area contributed by atoms with Crippen LogP contribution in [0.1, 0.15) is 0 Å². The zero-order valence-electron chi connectivity index (χ0n) is 12.0. The summed E-state index contributed by atoms with van der Waals surface area (Å²) in [6.45, 7) is -1.55. The summed E-state index contributed by atoms with van der Waals surface area (Å²) >= 11 is 3.87. The number of hydrogen-bond acceptors (Lipinski definition) is 11. The first kappa shape index (κ1) is 19.3. The molecule has 0 unspecified atom stereocenters. The first-order valence-electron chi connectivity index (χ1n) is 7.03.